The first kappa shape index (κ1) is 29.4. The van der Waals surface area contributed by atoms with Gasteiger partial charge in [-0.25, -0.2) is 0 Å². The monoisotopic (exact) mass is 525 g/mol. The standard InChI is InChI=1S/C31H47N3O2S/c1-24(2)28-11-10-12-29(25(3)4)31(28)32-30(35)23-37-22-9-7-6-8-17-33-18-20-34(21-19-33)26-13-15-27(36-5)16-14-26/h10-16,24-25H,6-9,17-23H2,1-5H3,(H,32,35). The number of amides is 1. The zero-order chi connectivity index (χ0) is 26.6. The summed E-state index contributed by atoms with van der Waals surface area (Å²) >= 11 is 1.76. The fourth-order valence-corrected chi connectivity index (χ4v) is 5.76. The molecule has 0 bridgehead atoms. The highest BCUT2D eigenvalue weighted by molar-refractivity contribution is 7.99. The molecule has 3 rings (SSSR count). The molecule has 37 heavy (non-hydrogen) atoms. The van der Waals surface area contributed by atoms with Crippen molar-refractivity contribution in [3.63, 3.8) is 0 Å². The Bertz CT molecular complexity index is 927. The van der Waals surface area contributed by atoms with Crippen LogP contribution in [0.5, 0.6) is 5.75 Å². The van der Waals surface area contributed by atoms with Crippen LogP contribution in [0.1, 0.15) is 76.3 Å². The van der Waals surface area contributed by atoms with E-state index in [-0.39, 0.29) is 5.91 Å². The van der Waals surface area contributed by atoms with Gasteiger partial charge in [-0.3, -0.25) is 9.69 Å². The number of nitrogens with one attached hydrogen (secondary N) is 1. The Morgan fingerprint density at radius 1 is 0.892 bits per heavy atom. The summed E-state index contributed by atoms with van der Waals surface area (Å²) in [5.41, 5.74) is 4.78. The van der Waals surface area contributed by atoms with Crippen molar-refractivity contribution in [2.75, 3.05) is 61.6 Å². The molecular weight excluding hydrogens is 478 g/mol. The summed E-state index contributed by atoms with van der Waals surface area (Å²) in [4.78, 5) is 17.7. The molecule has 1 N–H and O–H groups in total. The summed E-state index contributed by atoms with van der Waals surface area (Å²) in [6, 6.07) is 14.8. The van der Waals surface area contributed by atoms with Crippen LogP contribution in [-0.2, 0) is 4.79 Å². The molecule has 0 aliphatic carbocycles. The minimum Gasteiger partial charge on any atom is -0.497 e. The molecule has 0 radical (unpaired) electrons. The summed E-state index contributed by atoms with van der Waals surface area (Å²) in [5, 5.41) is 3.23. The minimum absolute atomic E-state index is 0.119. The molecule has 1 aliphatic heterocycles. The second kappa shape index (κ2) is 15.3. The smallest absolute Gasteiger partial charge is 0.234 e. The number of ether oxygens (including phenoxy) is 1. The van der Waals surface area contributed by atoms with Gasteiger partial charge >= 0.3 is 0 Å². The molecule has 6 heteroatoms. The number of benzene rings is 2. The number of carbonyl (C=O) groups is 1. The van der Waals surface area contributed by atoms with Crippen LogP contribution in [0.3, 0.4) is 0 Å². The van der Waals surface area contributed by atoms with Crippen LogP contribution in [-0.4, -0.2) is 62.1 Å². The van der Waals surface area contributed by atoms with Crippen LogP contribution in [0.25, 0.3) is 0 Å². The van der Waals surface area contributed by atoms with Gasteiger partial charge in [0.05, 0.1) is 12.9 Å². The van der Waals surface area contributed by atoms with E-state index in [4.69, 9.17) is 4.74 Å². The van der Waals surface area contributed by atoms with Gasteiger partial charge in [-0.1, -0.05) is 58.7 Å². The highest BCUT2D eigenvalue weighted by Crippen LogP contribution is 2.32. The maximum absolute atomic E-state index is 12.7. The van der Waals surface area contributed by atoms with Gasteiger partial charge in [0.1, 0.15) is 5.75 Å². The average Bonchev–Trinajstić information content (AvgIpc) is 2.90. The van der Waals surface area contributed by atoms with Gasteiger partial charge < -0.3 is 15.0 Å². The Morgan fingerprint density at radius 3 is 2.11 bits per heavy atom. The zero-order valence-electron chi connectivity index (χ0n) is 23.6. The van der Waals surface area contributed by atoms with Gasteiger partial charge in [-0.05, 0) is 72.4 Å². The fraction of sp³-hybridized carbons (Fsp3) is 0.581. The van der Waals surface area contributed by atoms with E-state index in [1.165, 1.54) is 49.0 Å². The predicted molar refractivity (Wildman–Crippen MR) is 161 cm³/mol. The molecule has 1 saturated heterocycles. The Hall–Kier alpha value is -2.18. The van der Waals surface area contributed by atoms with Crippen LogP contribution < -0.4 is 15.0 Å². The topological polar surface area (TPSA) is 44.8 Å². The lowest BCUT2D eigenvalue weighted by Gasteiger charge is -2.36. The van der Waals surface area contributed by atoms with Crippen molar-refractivity contribution in [1.29, 1.82) is 0 Å². The summed E-state index contributed by atoms with van der Waals surface area (Å²) in [5.74, 6) is 3.39. The third-order valence-electron chi connectivity index (χ3n) is 7.19. The predicted octanol–water partition coefficient (Wildman–Crippen LogP) is 7.00. The number of hydrogen-bond donors (Lipinski definition) is 1. The van der Waals surface area contributed by atoms with Crippen molar-refractivity contribution < 1.29 is 9.53 Å². The lowest BCUT2D eigenvalue weighted by molar-refractivity contribution is -0.113. The third kappa shape index (κ3) is 9.26. The average molecular weight is 526 g/mol. The molecule has 5 nitrogen and oxygen atoms in total. The van der Waals surface area contributed by atoms with E-state index < -0.39 is 0 Å². The Balaban J connectivity index is 1.25. The van der Waals surface area contributed by atoms with Crippen molar-refractivity contribution in [2.45, 2.75) is 65.2 Å². The van der Waals surface area contributed by atoms with Gasteiger partial charge in [-0.15, -0.1) is 0 Å². The largest absolute Gasteiger partial charge is 0.497 e. The molecule has 0 saturated carbocycles. The molecule has 2 aromatic rings. The van der Waals surface area contributed by atoms with Crippen molar-refractivity contribution in [1.82, 2.24) is 4.90 Å². The van der Waals surface area contributed by atoms with Gasteiger partial charge in [0.25, 0.3) is 0 Å². The Kier molecular flexibility index (Phi) is 12.1. The van der Waals surface area contributed by atoms with Crippen molar-refractivity contribution in [3.05, 3.63) is 53.6 Å². The molecule has 0 unspecified atom stereocenters. The number of rotatable bonds is 14. The number of methoxy groups -OCH3 is 1. The van der Waals surface area contributed by atoms with Crippen molar-refractivity contribution in [3.8, 4) is 5.75 Å². The van der Waals surface area contributed by atoms with Crippen LogP contribution in [0.15, 0.2) is 42.5 Å². The van der Waals surface area contributed by atoms with Crippen LogP contribution >= 0.6 is 11.8 Å². The van der Waals surface area contributed by atoms with Gasteiger partial charge in [0, 0.05) is 37.6 Å². The molecule has 1 fully saturated rings. The number of nitrogens with zero attached hydrogens (tertiary/aromatic N) is 2. The molecule has 1 heterocycles. The molecule has 1 amide bonds. The Morgan fingerprint density at radius 2 is 1.51 bits per heavy atom. The normalized spacial score (nSPS) is 14.4. The highest BCUT2D eigenvalue weighted by atomic mass is 32.2. The van der Waals surface area contributed by atoms with E-state index in [1.54, 1.807) is 18.9 Å². The van der Waals surface area contributed by atoms with Crippen LogP contribution in [0.2, 0.25) is 0 Å². The number of piperazine rings is 1. The van der Waals surface area contributed by atoms with Crippen LogP contribution in [0, 0.1) is 0 Å². The summed E-state index contributed by atoms with van der Waals surface area (Å²) in [6.45, 7) is 14.4. The number of anilines is 2. The zero-order valence-corrected chi connectivity index (χ0v) is 24.4. The third-order valence-corrected chi connectivity index (χ3v) is 8.24. The van der Waals surface area contributed by atoms with Gasteiger partial charge in [0.15, 0.2) is 0 Å². The van der Waals surface area contributed by atoms with E-state index in [2.05, 4.69) is 73.1 Å². The maximum atomic E-state index is 12.7. The number of thioether (sulfide) groups is 1. The number of hydrogen-bond acceptors (Lipinski definition) is 5. The van der Waals surface area contributed by atoms with E-state index in [0.29, 0.717) is 17.6 Å². The van der Waals surface area contributed by atoms with E-state index >= 15 is 0 Å². The summed E-state index contributed by atoms with van der Waals surface area (Å²) < 4.78 is 5.27. The lowest BCUT2D eigenvalue weighted by Crippen LogP contribution is -2.46. The quantitative estimate of drug-likeness (QED) is 0.269. The second-order valence-corrected chi connectivity index (χ2v) is 11.8. The SMILES string of the molecule is COc1ccc(N2CCN(CCCCCCSCC(=O)Nc3c(C(C)C)cccc3C(C)C)CC2)cc1. The first-order valence-electron chi connectivity index (χ1n) is 14.0. The highest BCUT2D eigenvalue weighted by Gasteiger charge is 2.17. The molecule has 204 valence electrons. The van der Waals surface area contributed by atoms with Crippen molar-refractivity contribution in [2.24, 2.45) is 0 Å². The van der Waals surface area contributed by atoms with E-state index in [0.717, 1.165) is 43.4 Å². The first-order chi connectivity index (χ1) is 17.9. The Labute approximate surface area is 229 Å². The summed E-state index contributed by atoms with van der Waals surface area (Å²) in [7, 11) is 1.71. The first-order valence-corrected chi connectivity index (χ1v) is 15.2. The minimum atomic E-state index is 0.119. The second-order valence-electron chi connectivity index (χ2n) is 10.7. The van der Waals surface area contributed by atoms with Crippen molar-refractivity contribution >= 4 is 29.0 Å². The molecule has 1 aliphatic rings. The summed E-state index contributed by atoms with van der Waals surface area (Å²) in [6.07, 6.45) is 4.96. The number of para-hydroxylation sites is 1. The number of carbonyl (C=O) groups excluding carboxylic acids is 1. The van der Waals surface area contributed by atoms with E-state index in [1.807, 2.05) is 12.1 Å². The number of unbranched alkanes of at least 4 members (excludes halogenated alkanes) is 3. The molecule has 0 atom stereocenters. The fourth-order valence-electron chi connectivity index (χ4n) is 4.95. The van der Waals surface area contributed by atoms with Gasteiger partial charge in [0.2, 0.25) is 5.91 Å². The molecular formula is C31H47N3O2S. The maximum Gasteiger partial charge on any atom is 0.234 e. The molecule has 0 aromatic heterocycles. The molecule has 0 spiro atoms. The lowest BCUT2D eigenvalue weighted by atomic mass is 9.92. The van der Waals surface area contributed by atoms with Crippen LogP contribution in [0.4, 0.5) is 11.4 Å². The van der Waals surface area contributed by atoms with E-state index in [9.17, 15) is 4.79 Å². The van der Waals surface area contributed by atoms with Gasteiger partial charge in [-0.2, -0.15) is 11.8 Å². The molecule has 2 aromatic carbocycles.